The Balaban J connectivity index is 2.24. The average molecular weight is 207 g/mol. The van der Waals surface area contributed by atoms with E-state index < -0.39 is 0 Å². The Hall–Kier alpha value is -0.960. The third kappa shape index (κ3) is 1.93. The summed E-state index contributed by atoms with van der Waals surface area (Å²) in [6.45, 7) is 2.10. The first-order valence-electron chi connectivity index (χ1n) is 4.79. The van der Waals surface area contributed by atoms with Crippen LogP contribution in [-0.2, 0) is 0 Å². The number of hydrogen-bond acceptors (Lipinski definition) is 3. The van der Waals surface area contributed by atoms with E-state index in [0.29, 0.717) is 0 Å². The van der Waals surface area contributed by atoms with Crippen molar-refractivity contribution < 1.29 is 4.79 Å². The lowest BCUT2D eigenvalue weighted by atomic mass is 10.2. The standard InChI is InChI=1S/C11H13NOS/c13-9-10-3-1-2-4-11(10)12-5-7-14-8-6-12/h1-4,9H,5-8H2. The number of para-hydroxylation sites is 1. The van der Waals surface area contributed by atoms with Crippen molar-refractivity contribution in [2.75, 3.05) is 29.5 Å². The molecule has 0 spiro atoms. The van der Waals surface area contributed by atoms with E-state index in [1.54, 1.807) is 0 Å². The molecule has 2 nitrogen and oxygen atoms in total. The number of benzene rings is 1. The SMILES string of the molecule is O=Cc1ccccc1N1CCSCC1. The molecule has 1 aliphatic heterocycles. The summed E-state index contributed by atoms with van der Waals surface area (Å²) < 4.78 is 0. The van der Waals surface area contributed by atoms with Crippen LogP contribution in [0.1, 0.15) is 10.4 Å². The number of thioether (sulfide) groups is 1. The van der Waals surface area contributed by atoms with Gasteiger partial charge in [-0.3, -0.25) is 4.79 Å². The van der Waals surface area contributed by atoms with E-state index in [-0.39, 0.29) is 0 Å². The van der Waals surface area contributed by atoms with E-state index in [0.717, 1.165) is 42.1 Å². The van der Waals surface area contributed by atoms with E-state index in [9.17, 15) is 4.79 Å². The first kappa shape index (κ1) is 9.59. The van der Waals surface area contributed by atoms with Crippen molar-refractivity contribution in [3.05, 3.63) is 29.8 Å². The number of nitrogens with zero attached hydrogens (tertiary/aromatic N) is 1. The minimum absolute atomic E-state index is 0.805. The van der Waals surface area contributed by atoms with Crippen molar-refractivity contribution in [3.63, 3.8) is 0 Å². The number of carbonyl (C=O) groups is 1. The van der Waals surface area contributed by atoms with E-state index in [4.69, 9.17) is 0 Å². The predicted molar refractivity (Wildman–Crippen MR) is 61.4 cm³/mol. The van der Waals surface area contributed by atoms with E-state index in [2.05, 4.69) is 4.90 Å². The molecule has 1 heterocycles. The summed E-state index contributed by atoms with van der Waals surface area (Å²) in [6, 6.07) is 7.81. The van der Waals surface area contributed by atoms with Gasteiger partial charge in [0.1, 0.15) is 0 Å². The first-order valence-corrected chi connectivity index (χ1v) is 5.94. The topological polar surface area (TPSA) is 20.3 Å². The van der Waals surface area contributed by atoms with Crippen LogP contribution in [0.4, 0.5) is 5.69 Å². The summed E-state index contributed by atoms with van der Waals surface area (Å²) >= 11 is 1.98. The van der Waals surface area contributed by atoms with Gasteiger partial charge in [-0.2, -0.15) is 11.8 Å². The van der Waals surface area contributed by atoms with E-state index in [1.165, 1.54) is 0 Å². The fraction of sp³-hybridized carbons (Fsp3) is 0.364. The van der Waals surface area contributed by atoms with Crippen LogP contribution in [0.15, 0.2) is 24.3 Å². The highest BCUT2D eigenvalue weighted by atomic mass is 32.2. The molecule has 0 bridgehead atoms. The molecule has 0 N–H and O–H groups in total. The highest BCUT2D eigenvalue weighted by Gasteiger charge is 2.13. The molecule has 2 rings (SSSR count). The molecule has 1 aliphatic rings. The molecule has 0 unspecified atom stereocenters. The molecule has 1 fully saturated rings. The molecule has 14 heavy (non-hydrogen) atoms. The van der Waals surface area contributed by atoms with Gasteiger partial charge >= 0.3 is 0 Å². The number of hydrogen-bond donors (Lipinski definition) is 0. The van der Waals surface area contributed by atoms with Crippen molar-refractivity contribution in [2.45, 2.75) is 0 Å². The van der Waals surface area contributed by atoms with Crippen LogP contribution in [-0.4, -0.2) is 30.9 Å². The number of anilines is 1. The van der Waals surface area contributed by atoms with Crippen LogP contribution in [0.2, 0.25) is 0 Å². The van der Waals surface area contributed by atoms with Gasteiger partial charge in [-0.1, -0.05) is 12.1 Å². The minimum Gasteiger partial charge on any atom is -0.369 e. The predicted octanol–water partition coefficient (Wildman–Crippen LogP) is 2.05. The van der Waals surface area contributed by atoms with E-state index in [1.807, 2.05) is 36.0 Å². The second-order valence-corrected chi connectivity index (χ2v) is 4.50. The quantitative estimate of drug-likeness (QED) is 0.692. The molecule has 1 aromatic carbocycles. The fourth-order valence-electron chi connectivity index (χ4n) is 1.68. The second-order valence-electron chi connectivity index (χ2n) is 3.28. The first-order chi connectivity index (χ1) is 6.92. The van der Waals surface area contributed by atoms with Crippen molar-refractivity contribution in [1.29, 1.82) is 0 Å². The average Bonchev–Trinajstić information content (AvgIpc) is 2.30. The summed E-state index contributed by atoms with van der Waals surface area (Å²) in [7, 11) is 0. The maximum Gasteiger partial charge on any atom is 0.152 e. The largest absolute Gasteiger partial charge is 0.369 e. The van der Waals surface area contributed by atoms with Gasteiger partial charge in [-0.25, -0.2) is 0 Å². The highest BCUT2D eigenvalue weighted by Crippen LogP contribution is 2.22. The molecule has 74 valence electrons. The van der Waals surface area contributed by atoms with Gasteiger partial charge in [0.25, 0.3) is 0 Å². The monoisotopic (exact) mass is 207 g/mol. The van der Waals surface area contributed by atoms with Crippen molar-refractivity contribution in [3.8, 4) is 0 Å². The van der Waals surface area contributed by atoms with E-state index >= 15 is 0 Å². The van der Waals surface area contributed by atoms with Gasteiger partial charge < -0.3 is 4.90 Å². The third-order valence-corrected chi connectivity index (χ3v) is 3.36. The second kappa shape index (κ2) is 4.51. The Labute approximate surface area is 88.3 Å². The summed E-state index contributed by atoms with van der Waals surface area (Å²) in [5.41, 5.74) is 1.89. The maximum atomic E-state index is 10.8. The Bertz CT molecular complexity index is 321. The van der Waals surface area contributed by atoms with Gasteiger partial charge in [-0.15, -0.1) is 0 Å². The molecule has 0 atom stereocenters. The van der Waals surface area contributed by atoms with Crippen molar-refractivity contribution in [2.24, 2.45) is 0 Å². The van der Waals surface area contributed by atoms with Gasteiger partial charge in [0.05, 0.1) is 0 Å². The van der Waals surface area contributed by atoms with Gasteiger partial charge in [0.15, 0.2) is 6.29 Å². The van der Waals surface area contributed by atoms with Crippen molar-refractivity contribution >= 4 is 23.7 Å². The Kier molecular flexibility index (Phi) is 3.09. The maximum absolute atomic E-state index is 10.8. The molecular formula is C11H13NOS. The molecule has 1 aromatic rings. The summed E-state index contributed by atoms with van der Waals surface area (Å²) in [4.78, 5) is 13.1. The number of aldehydes is 1. The molecule has 1 saturated heterocycles. The van der Waals surface area contributed by atoms with Gasteiger partial charge in [-0.05, 0) is 12.1 Å². The lowest BCUT2D eigenvalue weighted by Gasteiger charge is -2.29. The molecule has 0 amide bonds. The highest BCUT2D eigenvalue weighted by molar-refractivity contribution is 7.99. The van der Waals surface area contributed by atoms with Crippen LogP contribution in [0.25, 0.3) is 0 Å². The smallest absolute Gasteiger partial charge is 0.152 e. The lowest BCUT2D eigenvalue weighted by molar-refractivity contribution is 0.112. The molecule has 3 heteroatoms. The zero-order chi connectivity index (χ0) is 9.80. The molecular weight excluding hydrogens is 194 g/mol. The zero-order valence-corrected chi connectivity index (χ0v) is 8.80. The summed E-state index contributed by atoms with van der Waals surface area (Å²) in [5.74, 6) is 2.32. The number of carbonyl (C=O) groups excluding carboxylic acids is 1. The Morgan fingerprint density at radius 3 is 2.64 bits per heavy atom. The van der Waals surface area contributed by atoms with Crippen LogP contribution >= 0.6 is 11.8 Å². The fourth-order valence-corrected chi connectivity index (χ4v) is 2.58. The summed E-state index contributed by atoms with van der Waals surface area (Å²) in [5, 5.41) is 0. The zero-order valence-electron chi connectivity index (χ0n) is 7.98. The van der Waals surface area contributed by atoms with Crippen molar-refractivity contribution in [1.82, 2.24) is 0 Å². The molecule has 0 radical (unpaired) electrons. The van der Waals surface area contributed by atoms with Gasteiger partial charge in [0, 0.05) is 35.8 Å². The van der Waals surface area contributed by atoms with Crippen LogP contribution in [0, 0.1) is 0 Å². The Morgan fingerprint density at radius 1 is 1.21 bits per heavy atom. The molecule has 0 saturated carbocycles. The normalized spacial score (nSPS) is 16.7. The summed E-state index contributed by atoms with van der Waals surface area (Å²) in [6.07, 6.45) is 0.942. The number of rotatable bonds is 2. The van der Waals surface area contributed by atoms with Gasteiger partial charge in [0.2, 0.25) is 0 Å². The lowest BCUT2D eigenvalue weighted by Crippen LogP contribution is -2.33. The van der Waals surface area contributed by atoms with Crippen LogP contribution in [0.5, 0.6) is 0 Å². The molecule has 0 aromatic heterocycles. The third-order valence-electron chi connectivity index (χ3n) is 2.42. The Morgan fingerprint density at radius 2 is 1.93 bits per heavy atom. The van der Waals surface area contributed by atoms with Crippen LogP contribution < -0.4 is 4.90 Å². The minimum atomic E-state index is 0.805. The van der Waals surface area contributed by atoms with Crippen LogP contribution in [0.3, 0.4) is 0 Å². The molecule has 0 aliphatic carbocycles.